The van der Waals surface area contributed by atoms with E-state index in [9.17, 15) is 4.79 Å². The van der Waals surface area contributed by atoms with Gasteiger partial charge in [-0.05, 0) is 58.0 Å². The Bertz CT molecular complexity index is 703. The van der Waals surface area contributed by atoms with Gasteiger partial charge < -0.3 is 20.5 Å². The van der Waals surface area contributed by atoms with Crippen LogP contribution in [-0.2, 0) is 0 Å². The summed E-state index contributed by atoms with van der Waals surface area (Å²) >= 11 is 1.57. The maximum atomic E-state index is 12.6. The third-order valence-electron chi connectivity index (χ3n) is 4.51. The van der Waals surface area contributed by atoms with Gasteiger partial charge in [0, 0.05) is 11.4 Å². The molecule has 0 unspecified atom stereocenters. The summed E-state index contributed by atoms with van der Waals surface area (Å²) in [6.07, 6.45) is 5.76. The van der Waals surface area contributed by atoms with Crippen LogP contribution in [0.25, 0.3) is 10.6 Å². The maximum absolute atomic E-state index is 12.6. The molecule has 6 nitrogen and oxygen atoms in total. The van der Waals surface area contributed by atoms with E-state index < -0.39 is 0 Å². The molecule has 0 aliphatic heterocycles. The van der Waals surface area contributed by atoms with E-state index in [-0.39, 0.29) is 11.8 Å². The first-order valence-electron chi connectivity index (χ1n) is 9.89. The summed E-state index contributed by atoms with van der Waals surface area (Å²) in [5, 5.41) is 6.96. The van der Waals surface area contributed by atoms with Gasteiger partial charge in [-0.3, -0.25) is 4.79 Å². The minimum absolute atomic E-state index is 0.0704. The number of aromatic nitrogens is 1. The molecular weight excluding hydrogens is 360 g/mol. The number of nitrogen functional groups attached to an aromatic ring is 1. The number of nitrogens with two attached hydrogens (primary N) is 1. The lowest BCUT2D eigenvalue weighted by Crippen LogP contribution is -2.31. The zero-order valence-electron chi connectivity index (χ0n) is 16.7. The van der Waals surface area contributed by atoms with Crippen LogP contribution in [0.5, 0.6) is 0 Å². The molecule has 0 spiro atoms. The summed E-state index contributed by atoms with van der Waals surface area (Å²) in [6.45, 7) is 10.3. The van der Waals surface area contributed by atoms with Crippen molar-refractivity contribution >= 4 is 23.1 Å². The molecule has 0 bridgehead atoms. The van der Waals surface area contributed by atoms with Gasteiger partial charge in [-0.15, -0.1) is 11.3 Å². The lowest BCUT2D eigenvalue weighted by molar-refractivity contribution is 0.0952. The number of rotatable bonds is 12. The van der Waals surface area contributed by atoms with Crippen molar-refractivity contribution in [2.75, 3.05) is 31.9 Å². The minimum atomic E-state index is -0.219. The summed E-state index contributed by atoms with van der Waals surface area (Å²) < 4.78 is 5.08. The zero-order valence-corrected chi connectivity index (χ0v) is 17.5. The Morgan fingerprint density at radius 3 is 2.44 bits per heavy atom. The number of anilines is 1. The highest BCUT2D eigenvalue weighted by Crippen LogP contribution is 2.32. The topological polar surface area (TPSA) is 84.4 Å². The Morgan fingerprint density at radius 1 is 1.19 bits per heavy atom. The van der Waals surface area contributed by atoms with E-state index in [2.05, 4.69) is 29.2 Å². The molecule has 2 aromatic rings. The molecule has 27 heavy (non-hydrogen) atoms. The van der Waals surface area contributed by atoms with Gasteiger partial charge in [0.25, 0.3) is 5.91 Å². The number of carbonyl (C=O) groups is 1. The second-order valence-corrected chi connectivity index (χ2v) is 8.13. The Labute approximate surface area is 166 Å². The maximum Gasteiger partial charge on any atom is 0.259 e. The number of carbonyl (C=O) groups excluding carboxylic acids is 1. The SMILES string of the molecule is CCCCN(CCCC)CCCNC(=O)c1c(-c2ccc(C)s2)noc1N. The predicted octanol–water partition coefficient (Wildman–Crippen LogP) is 4.32. The van der Waals surface area contributed by atoms with Crippen LogP contribution in [0.1, 0.15) is 61.2 Å². The third-order valence-corrected chi connectivity index (χ3v) is 5.52. The summed E-state index contributed by atoms with van der Waals surface area (Å²) in [6, 6.07) is 3.93. The van der Waals surface area contributed by atoms with Gasteiger partial charge in [0.05, 0.1) is 4.88 Å². The predicted molar refractivity (Wildman–Crippen MR) is 112 cm³/mol. The minimum Gasteiger partial charge on any atom is -0.367 e. The fourth-order valence-corrected chi connectivity index (χ4v) is 3.80. The molecule has 150 valence electrons. The van der Waals surface area contributed by atoms with Crippen molar-refractivity contribution in [2.45, 2.75) is 52.9 Å². The normalized spacial score (nSPS) is 11.3. The van der Waals surface area contributed by atoms with Crippen LogP contribution < -0.4 is 11.1 Å². The van der Waals surface area contributed by atoms with Gasteiger partial charge in [0.2, 0.25) is 5.88 Å². The zero-order chi connectivity index (χ0) is 19.6. The molecule has 1 amide bonds. The summed E-state index contributed by atoms with van der Waals surface area (Å²) in [5.74, 6) is -0.149. The molecule has 0 aliphatic rings. The molecule has 0 aromatic carbocycles. The van der Waals surface area contributed by atoms with Gasteiger partial charge >= 0.3 is 0 Å². The fraction of sp³-hybridized carbons (Fsp3) is 0.600. The Hall–Kier alpha value is -1.86. The standard InChI is InChI=1S/C20H32N4O2S/c1-4-6-12-24(13-7-5-2)14-8-11-22-20(25)17-18(23-26-19(17)21)16-10-9-15(3)27-16/h9-10H,4-8,11-14,21H2,1-3H3,(H,22,25). The van der Waals surface area contributed by atoms with E-state index in [0.29, 0.717) is 17.8 Å². The quantitative estimate of drug-likeness (QED) is 0.526. The lowest BCUT2D eigenvalue weighted by atomic mass is 10.2. The molecule has 0 atom stereocenters. The number of unbranched alkanes of at least 4 members (excludes halogenated alkanes) is 2. The van der Waals surface area contributed by atoms with Crippen molar-refractivity contribution < 1.29 is 9.32 Å². The summed E-state index contributed by atoms with van der Waals surface area (Å²) in [4.78, 5) is 17.2. The van der Waals surface area contributed by atoms with Crippen molar-refractivity contribution in [1.29, 1.82) is 0 Å². The molecule has 0 aliphatic carbocycles. The number of nitrogens with one attached hydrogen (secondary N) is 1. The van der Waals surface area contributed by atoms with Crippen LogP contribution in [0.15, 0.2) is 16.7 Å². The van der Waals surface area contributed by atoms with E-state index in [1.54, 1.807) is 11.3 Å². The lowest BCUT2D eigenvalue weighted by Gasteiger charge is -2.21. The molecule has 7 heteroatoms. The van der Waals surface area contributed by atoms with Crippen LogP contribution in [0.2, 0.25) is 0 Å². The van der Waals surface area contributed by atoms with E-state index in [1.165, 1.54) is 25.7 Å². The monoisotopic (exact) mass is 392 g/mol. The first-order valence-corrected chi connectivity index (χ1v) is 10.7. The summed E-state index contributed by atoms with van der Waals surface area (Å²) in [5.41, 5.74) is 6.72. The first kappa shape index (κ1) is 21.4. The van der Waals surface area contributed by atoms with Crippen LogP contribution >= 0.6 is 11.3 Å². The first-order chi connectivity index (χ1) is 13.1. The van der Waals surface area contributed by atoms with Gasteiger partial charge in [0.15, 0.2) is 0 Å². The number of hydrogen-bond donors (Lipinski definition) is 2. The third kappa shape index (κ3) is 6.36. The van der Waals surface area contributed by atoms with Crippen LogP contribution in [0.4, 0.5) is 5.88 Å². The van der Waals surface area contributed by atoms with E-state index in [1.807, 2.05) is 19.1 Å². The van der Waals surface area contributed by atoms with Gasteiger partial charge in [-0.1, -0.05) is 31.8 Å². The number of aryl methyl sites for hydroxylation is 1. The number of hydrogen-bond acceptors (Lipinski definition) is 6. The Morgan fingerprint density at radius 2 is 1.85 bits per heavy atom. The van der Waals surface area contributed by atoms with Gasteiger partial charge in [-0.25, -0.2) is 0 Å². The Kier molecular flexibility index (Phi) is 8.81. The number of amides is 1. The van der Waals surface area contributed by atoms with E-state index in [4.69, 9.17) is 10.3 Å². The van der Waals surface area contributed by atoms with Crippen LogP contribution in [-0.4, -0.2) is 42.1 Å². The van der Waals surface area contributed by atoms with Crippen molar-refractivity contribution in [2.24, 2.45) is 0 Å². The second kappa shape index (κ2) is 11.1. The van der Waals surface area contributed by atoms with E-state index >= 15 is 0 Å². The number of thiophene rings is 1. The largest absolute Gasteiger partial charge is 0.367 e. The van der Waals surface area contributed by atoms with Gasteiger partial charge in [0.1, 0.15) is 11.3 Å². The molecule has 2 rings (SSSR count). The molecule has 0 saturated heterocycles. The van der Waals surface area contributed by atoms with Crippen molar-refractivity contribution in [1.82, 2.24) is 15.4 Å². The summed E-state index contributed by atoms with van der Waals surface area (Å²) in [7, 11) is 0. The smallest absolute Gasteiger partial charge is 0.259 e. The van der Waals surface area contributed by atoms with Gasteiger partial charge in [-0.2, -0.15) is 0 Å². The molecule has 2 heterocycles. The average Bonchev–Trinajstić information content (AvgIpc) is 3.25. The van der Waals surface area contributed by atoms with Crippen molar-refractivity contribution in [3.63, 3.8) is 0 Å². The average molecular weight is 393 g/mol. The highest BCUT2D eigenvalue weighted by molar-refractivity contribution is 7.15. The van der Waals surface area contributed by atoms with Crippen molar-refractivity contribution in [3.05, 3.63) is 22.6 Å². The fourth-order valence-electron chi connectivity index (χ4n) is 2.94. The molecule has 3 N–H and O–H groups in total. The molecule has 0 radical (unpaired) electrons. The molecule has 0 saturated carbocycles. The molecule has 2 aromatic heterocycles. The Balaban J connectivity index is 1.88. The van der Waals surface area contributed by atoms with E-state index in [0.717, 1.165) is 35.8 Å². The van der Waals surface area contributed by atoms with Crippen LogP contribution in [0.3, 0.4) is 0 Å². The second-order valence-electron chi connectivity index (χ2n) is 6.84. The van der Waals surface area contributed by atoms with Crippen LogP contribution in [0, 0.1) is 6.92 Å². The highest BCUT2D eigenvalue weighted by atomic mass is 32.1. The van der Waals surface area contributed by atoms with Crippen molar-refractivity contribution in [3.8, 4) is 10.6 Å². The molecular formula is C20H32N4O2S. The number of nitrogens with zero attached hydrogens (tertiary/aromatic N) is 2. The molecule has 0 fully saturated rings. The highest BCUT2D eigenvalue weighted by Gasteiger charge is 2.23.